The molecule has 3 rings (SSSR count). The number of carbonyl (C=O) groups is 2. The third kappa shape index (κ3) is 3.33. The molecule has 1 fully saturated rings. The van der Waals surface area contributed by atoms with E-state index in [9.17, 15) is 9.59 Å². The largest absolute Gasteiger partial charge is 0.479 e. The summed E-state index contributed by atoms with van der Waals surface area (Å²) in [6.45, 7) is 3.94. The van der Waals surface area contributed by atoms with Crippen molar-refractivity contribution in [2.24, 2.45) is 5.92 Å². The highest BCUT2D eigenvalue weighted by molar-refractivity contribution is 6.03. The van der Waals surface area contributed by atoms with Gasteiger partial charge in [-0.25, -0.2) is 0 Å². The van der Waals surface area contributed by atoms with Crippen molar-refractivity contribution in [1.29, 1.82) is 0 Å². The molecule has 0 bridgehead atoms. The van der Waals surface area contributed by atoms with Gasteiger partial charge in [-0.1, -0.05) is 31.9 Å². The van der Waals surface area contributed by atoms with Crippen LogP contribution in [0.2, 0.25) is 0 Å². The number of nitrogens with zero attached hydrogens (tertiary/aromatic N) is 1. The minimum absolute atomic E-state index is 0.0484. The maximum Gasteiger partial charge on any atom is 0.268 e. The Balaban J connectivity index is 1.71. The summed E-state index contributed by atoms with van der Waals surface area (Å²) in [6.07, 6.45) is 4.01. The van der Waals surface area contributed by atoms with E-state index in [1.807, 2.05) is 24.3 Å². The third-order valence-electron chi connectivity index (χ3n) is 4.83. The molecule has 0 saturated heterocycles. The first-order chi connectivity index (χ1) is 11.1. The summed E-state index contributed by atoms with van der Waals surface area (Å²) in [5, 5.41) is 3.11. The van der Waals surface area contributed by atoms with Crippen LogP contribution in [0, 0.1) is 5.92 Å². The predicted molar refractivity (Wildman–Crippen MR) is 88.4 cm³/mol. The molecular weight excluding hydrogens is 292 g/mol. The summed E-state index contributed by atoms with van der Waals surface area (Å²) in [4.78, 5) is 26.4. The molecule has 0 aromatic heterocycles. The van der Waals surface area contributed by atoms with Crippen LogP contribution in [0.1, 0.15) is 39.5 Å². The molecule has 2 aliphatic rings. The second-order valence-corrected chi connectivity index (χ2v) is 6.59. The van der Waals surface area contributed by atoms with E-state index in [4.69, 9.17) is 4.74 Å². The number of rotatable bonds is 3. The molecule has 2 amide bonds. The van der Waals surface area contributed by atoms with Gasteiger partial charge in [-0.05, 0) is 37.8 Å². The number of fused-ring (bicyclic) bond motifs is 1. The maximum absolute atomic E-state index is 12.4. The number of hydrogen-bond donors (Lipinski definition) is 1. The molecule has 3 atom stereocenters. The van der Waals surface area contributed by atoms with Crippen LogP contribution in [-0.2, 0) is 9.59 Å². The van der Waals surface area contributed by atoms with E-state index >= 15 is 0 Å². The molecule has 1 aliphatic carbocycles. The zero-order valence-electron chi connectivity index (χ0n) is 13.7. The molecule has 0 radical (unpaired) electrons. The molecule has 1 aromatic carbocycles. The van der Waals surface area contributed by atoms with Gasteiger partial charge in [0.1, 0.15) is 12.3 Å². The number of para-hydroxylation sites is 2. The van der Waals surface area contributed by atoms with Gasteiger partial charge in [-0.3, -0.25) is 14.5 Å². The Hall–Kier alpha value is -2.04. The van der Waals surface area contributed by atoms with Crippen LogP contribution in [0.3, 0.4) is 0 Å². The summed E-state index contributed by atoms with van der Waals surface area (Å²) >= 11 is 0. The highest BCUT2D eigenvalue weighted by Gasteiger charge is 2.33. The van der Waals surface area contributed by atoms with Crippen molar-refractivity contribution < 1.29 is 14.3 Å². The van der Waals surface area contributed by atoms with Gasteiger partial charge in [0.15, 0.2) is 6.10 Å². The topological polar surface area (TPSA) is 58.6 Å². The van der Waals surface area contributed by atoms with Crippen molar-refractivity contribution in [3.63, 3.8) is 0 Å². The Labute approximate surface area is 137 Å². The zero-order valence-corrected chi connectivity index (χ0v) is 13.7. The van der Waals surface area contributed by atoms with Crippen LogP contribution in [0.15, 0.2) is 24.3 Å². The van der Waals surface area contributed by atoms with Crippen LogP contribution in [0.25, 0.3) is 0 Å². The molecule has 5 nitrogen and oxygen atoms in total. The fourth-order valence-electron chi connectivity index (χ4n) is 3.45. The number of benzene rings is 1. The number of nitrogens with one attached hydrogen (secondary N) is 1. The van der Waals surface area contributed by atoms with Gasteiger partial charge in [-0.15, -0.1) is 0 Å². The lowest BCUT2D eigenvalue weighted by atomic mass is 9.86. The van der Waals surface area contributed by atoms with Crippen molar-refractivity contribution in [3.8, 4) is 5.75 Å². The lowest BCUT2D eigenvalue weighted by Gasteiger charge is -2.34. The monoisotopic (exact) mass is 316 g/mol. The molecule has 3 unspecified atom stereocenters. The molecule has 124 valence electrons. The zero-order chi connectivity index (χ0) is 16.4. The van der Waals surface area contributed by atoms with Gasteiger partial charge < -0.3 is 10.1 Å². The van der Waals surface area contributed by atoms with Crippen LogP contribution >= 0.6 is 0 Å². The van der Waals surface area contributed by atoms with Gasteiger partial charge in [-0.2, -0.15) is 0 Å². The van der Waals surface area contributed by atoms with Crippen molar-refractivity contribution in [2.75, 3.05) is 11.4 Å². The summed E-state index contributed by atoms with van der Waals surface area (Å²) in [5.41, 5.74) is 0.669. The molecule has 1 aromatic rings. The van der Waals surface area contributed by atoms with Gasteiger partial charge in [0.05, 0.1) is 5.69 Å². The highest BCUT2D eigenvalue weighted by atomic mass is 16.5. The number of amides is 2. The SMILES string of the molecule is CC1Oc2ccccc2N(CC(=O)NC2CCCCC2C)C1=O. The Morgan fingerprint density at radius 2 is 2.00 bits per heavy atom. The van der Waals surface area contributed by atoms with Crippen molar-refractivity contribution in [1.82, 2.24) is 5.32 Å². The molecule has 5 heteroatoms. The lowest BCUT2D eigenvalue weighted by Crippen LogP contribution is -2.51. The average molecular weight is 316 g/mol. The Morgan fingerprint density at radius 1 is 1.26 bits per heavy atom. The van der Waals surface area contributed by atoms with E-state index in [1.165, 1.54) is 11.3 Å². The third-order valence-corrected chi connectivity index (χ3v) is 4.83. The van der Waals surface area contributed by atoms with Crippen LogP contribution in [0.5, 0.6) is 5.75 Å². The van der Waals surface area contributed by atoms with E-state index in [1.54, 1.807) is 6.92 Å². The Kier molecular flexibility index (Phi) is 4.55. The predicted octanol–water partition coefficient (Wildman–Crippen LogP) is 2.50. The summed E-state index contributed by atoms with van der Waals surface area (Å²) in [7, 11) is 0. The number of ether oxygens (including phenoxy) is 1. The first kappa shape index (κ1) is 15.8. The van der Waals surface area contributed by atoms with E-state index < -0.39 is 6.10 Å². The average Bonchev–Trinajstić information content (AvgIpc) is 2.54. The van der Waals surface area contributed by atoms with Crippen LogP contribution < -0.4 is 15.0 Å². The summed E-state index contributed by atoms with van der Waals surface area (Å²) in [6, 6.07) is 7.57. The van der Waals surface area contributed by atoms with Crippen molar-refractivity contribution >= 4 is 17.5 Å². The highest BCUT2D eigenvalue weighted by Crippen LogP contribution is 2.33. The Morgan fingerprint density at radius 3 is 2.78 bits per heavy atom. The van der Waals surface area contributed by atoms with Gasteiger partial charge in [0.25, 0.3) is 5.91 Å². The van der Waals surface area contributed by atoms with Crippen LogP contribution in [-0.4, -0.2) is 30.5 Å². The molecular formula is C18H24N2O3. The quantitative estimate of drug-likeness (QED) is 0.932. The smallest absolute Gasteiger partial charge is 0.268 e. The van der Waals surface area contributed by atoms with Gasteiger partial charge in [0, 0.05) is 6.04 Å². The first-order valence-corrected chi connectivity index (χ1v) is 8.42. The molecule has 1 saturated carbocycles. The normalized spacial score (nSPS) is 27.1. The van der Waals surface area contributed by atoms with Crippen LogP contribution in [0.4, 0.5) is 5.69 Å². The molecule has 23 heavy (non-hydrogen) atoms. The Bertz CT molecular complexity index is 602. The van der Waals surface area contributed by atoms with Crippen molar-refractivity contribution in [2.45, 2.75) is 51.7 Å². The molecule has 1 N–H and O–H groups in total. The van der Waals surface area contributed by atoms with E-state index in [0.717, 1.165) is 19.3 Å². The molecule has 0 spiro atoms. The maximum atomic E-state index is 12.4. The minimum Gasteiger partial charge on any atom is -0.479 e. The van der Waals surface area contributed by atoms with Crippen molar-refractivity contribution in [3.05, 3.63) is 24.3 Å². The van der Waals surface area contributed by atoms with Gasteiger partial charge >= 0.3 is 0 Å². The van der Waals surface area contributed by atoms with E-state index in [0.29, 0.717) is 17.4 Å². The second-order valence-electron chi connectivity index (χ2n) is 6.59. The standard InChI is InChI=1S/C18H24N2O3/c1-12-7-3-4-8-14(12)19-17(21)11-20-15-9-5-6-10-16(15)23-13(2)18(20)22/h5-6,9-10,12-14H,3-4,7-8,11H2,1-2H3,(H,19,21). The summed E-state index contributed by atoms with van der Waals surface area (Å²) in [5.74, 6) is 0.884. The van der Waals surface area contributed by atoms with Gasteiger partial charge in [0.2, 0.25) is 5.91 Å². The number of anilines is 1. The van der Waals surface area contributed by atoms with E-state index in [2.05, 4.69) is 12.2 Å². The molecule has 1 aliphatic heterocycles. The number of hydrogen-bond acceptors (Lipinski definition) is 3. The molecule has 1 heterocycles. The number of carbonyl (C=O) groups excluding carboxylic acids is 2. The lowest BCUT2D eigenvalue weighted by molar-refractivity contribution is -0.128. The minimum atomic E-state index is -0.564. The summed E-state index contributed by atoms with van der Waals surface area (Å²) < 4.78 is 5.60. The first-order valence-electron chi connectivity index (χ1n) is 8.42. The fraction of sp³-hybridized carbons (Fsp3) is 0.556. The fourth-order valence-corrected chi connectivity index (χ4v) is 3.45. The van der Waals surface area contributed by atoms with E-state index in [-0.39, 0.29) is 24.4 Å². The second kappa shape index (κ2) is 6.60.